The zero-order valence-corrected chi connectivity index (χ0v) is 12.6. The van der Waals surface area contributed by atoms with Crippen molar-refractivity contribution in [1.82, 2.24) is 4.98 Å². The van der Waals surface area contributed by atoms with Crippen molar-refractivity contribution in [2.45, 2.75) is 11.7 Å². The highest BCUT2D eigenvalue weighted by Crippen LogP contribution is 2.30. The Morgan fingerprint density at radius 3 is 2.62 bits per heavy atom. The molecule has 1 aromatic heterocycles. The van der Waals surface area contributed by atoms with E-state index in [4.69, 9.17) is 5.14 Å². The number of benzene rings is 1. The number of nitrogens with zero attached hydrogens (tertiary/aromatic N) is 2. The first-order chi connectivity index (χ1) is 9.95. The van der Waals surface area contributed by atoms with E-state index in [0.29, 0.717) is 5.13 Å². The molecular weight excluding hydrogens is 310 g/mol. The van der Waals surface area contributed by atoms with Crippen molar-refractivity contribution in [3.63, 3.8) is 0 Å². The van der Waals surface area contributed by atoms with Crippen molar-refractivity contribution in [3.8, 4) is 11.3 Å². The third-order valence-electron chi connectivity index (χ3n) is 3.35. The van der Waals surface area contributed by atoms with E-state index in [1.165, 1.54) is 16.2 Å². The fourth-order valence-corrected chi connectivity index (χ4v) is 3.80. The SMILES string of the molecule is NS(=O)(=O)C1CC(=O)N(c2nc(-c3ccccc3)cs2)C1. The molecular formula is C13H13N3O3S2. The summed E-state index contributed by atoms with van der Waals surface area (Å²) < 4.78 is 22.7. The smallest absolute Gasteiger partial charge is 0.230 e. The second-order valence-corrected chi connectivity index (χ2v) is 7.48. The highest BCUT2D eigenvalue weighted by molar-refractivity contribution is 7.89. The van der Waals surface area contributed by atoms with Crippen LogP contribution in [0.5, 0.6) is 0 Å². The molecule has 1 aliphatic heterocycles. The van der Waals surface area contributed by atoms with E-state index < -0.39 is 15.3 Å². The van der Waals surface area contributed by atoms with Gasteiger partial charge in [0.1, 0.15) is 5.25 Å². The minimum Gasteiger partial charge on any atom is -0.287 e. The molecule has 3 rings (SSSR count). The van der Waals surface area contributed by atoms with Crippen LogP contribution in [0.4, 0.5) is 5.13 Å². The van der Waals surface area contributed by atoms with Crippen molar-refractivity contribution in [2.24, 2.45) is 5.14 Å². The van der Waals surface area contributed by atoms with Crippen LogP contribution in [-0.2, 0) is 14.8 Å². The second kappa shape index (κ2) is 5.21. The standard InChI is InChI=1S/C13H13N3O3S2/c14-21(18,19)10-6-12(17)16(7-10)13-15-11(8-20-13)9-4-2-1-3-5-9/h1-5,8,10H,6-7H2,(H2,14,18,19). The number of primary sulfonamides is 1. The van der Waals surface area contributed by atoms with Gasteiger partial charge in [0, 0.05) is 23.9 Å². The largest absolute Gasteiger partial charge is 0.287 e. The lowest BCUT2D eigenvalue weighted by Gasteiger charge is -2.11. The highest BCUT2D eigenvalue weighted by atomic mass is 32.2. The predicted molar refractivity (Wildman–Crippen MR) is 81.4 cm³/mol. The molecule has 6 nitrogen and oxygen atoms in total. The van der Waals surface area contributed by atoms with Crippen LogP contribution >= 0.6 is 11.3 Å². The molecule has 110 valence electrons. The Morgan fingerprint density at radius 2 is 2.00 bits per heavy atom. The van der Waals surface area contributed by atoms with Crippen LogP contribution in [0, 0.1) is 0 Å². The maximum absolute atomic E-state index is 12.0. The number of aromatic nitrogens is 1. The number of amides is 1. The molecule has 1 unspecified atom stereocenters. The summed E-state index contributed by atoms with van der Waals surface area (Å²) in [5, 5.41) is 6.62. The molecule has 0 saturated carbocycles. The fourth-order valence-electron chi connectivity index (χ4n) is 2.21. The van der Waals surface area contributed by atoms with E-state index in [1.807, 2.05) is 35.7 Å². The normalized spacial score (nSPS) is 19.2. The summed E-state index contributed by atoms with van der Waals surface area (Å²) in [5.41, 5.74) is 1.72. The molecule has 2 N–H and O–H groups in total. The monoisotopic (exact) mass is 323 g/mol. The van der Waals surface area contributed by atoms with Crippen LogP contribution in [0.2, 0.25) is 0 Å². The van der Waals surface area contributed by atoms with Gasteiger partial charge in [-0.2, -0.15) is 0 Å². The maximum atomic E-state index is 12.0. The molecule has 2 heterocycles. The van der Waals surface area contributed by atoms with Gasteiger partial charge in [-0.1, -0.05) is 30.3 Å². The first kappa shape index (κ1) is 14.2. The summed E-state index contributed by atoms with van der Waals surface area (Å²) in [6, 6.07) is 9.59. The molecule has 1 amide bonds. The van der Waals surface area contributed by atoms with Crippen LogP contribution < -0.4 is 10.0 Å². The topological polar surface area (TPSA) is 93.4 Å². The predicted octanol–water partition coefficient (Wildman–Crippen LogP) is 1.20. The zero-order valence-electron chi connectivity index (χ0n) is 11.0. The summed E-state index contributed by atoms with van der Waals surface area (Å²) in [6.45, 7) is 0.0689. The summed E-state index contributed by atoms with van der Waals surface area (Å²) in [4.78, 5) is 17.8. The Labute approximate surface area is 126 Å². The van der Waals surface area contributed by atoms with Gasteiger partial charge in [0.15, 0.2) is 5.13 Å². The quantitative estimate of drug-likeness (QED) is 0.918. The Bertz CT molecular complexity index is 771. The minimum absolute atomic E-state index is 0.0689. The molecule has 1 saturated heterocycles. The lowest BCUT2D eigenvalue weighted by atomic mass is 10.2. The molecule has 0 bridgehead atoms. The first-order valence-corrected chi connectivity index (χ1v) is 8.77. The molecule has 0 radical (unpaired) electrons. The second-order valence-electron chi connectivity index (χ2n) is 4.80. The number of carbonyl (C=O) groups excluding carboxylic acids is 1. The van der Waals surface area contributed by atoms with Gasteiger partial charge in [-0.3, -0.25) is 9.69 Å². The zero-order chi connectivity index (χ0) is 15.0. The van der Waals surface area contributed by atoms with Gasteiger partial charge in [-0.15, -0.1) is 11.3 Å². The van der Waals surface area contributed by atoms with Gasteiger partial charge in [-0.05, 0) is 0 Å². The van der Waals surface area contributed by atoms with Gasteiger partial charge in [0.25, 0.3) is 0 Å². The van der Waals surface area contributed by atoms with Gasteiger partial charge in [0.2, 0.25) is 15.9 Å². The molecule has 1 aromatic carbocycles. The van der Waals surface area contributed by atoms with Gasteiger partial charge < -0.3 is 0 Å². The summed E-state index contributed by atoms with van der Waals surface area (Å²) in [6.07, 6.45) is -0.0842. The molecule has 0 aliphatic carbocycles. The molecule has 0 spiro atoms. The molecule has 21 heavy (non-hydrogen) atoms. The summed E-state index contributed by atoms with van der Waals surface area (Å²) in [7, 11) is -3.71. The lowest BCUT2D eigenvalue weighted by molar-refractivity contribution is -0.117. The van der Waals surface area contributed by atoms with Crippen molar-refractivity contribution < 1.29 is 13.2 Å². The molecule has 1 aliphatic rings. The number of nitrogens with two attached hydrogens (primary N) is 1. The summed E-state index contributed by atoms with van der Waals surface area (Å²) >= 11 is 1.32. The number of sulfonamides is 1. The van der Waals surface area contributed by atoms with Crippen LogP contribution in [0.3, 0.4) is 0 Å². The van der Waals surface area contributed by atoms with Crippen LogP contribution in [0.15, 0.2) is 35.7 Å². The molecule has 1 fully saturated rings. The Balaban J connectivity index is 1.86. The van der Waals surface area contributed by atoms with Crippen molar-refractivity contribution in [1.29, 1.82) is 0 Å². The maximum Gasteiger partial charge on any atom is 0.230 e. The van der Waals surface area contributed by atoms with Crippen LogP contribution in [0.1, 0.15) is 6.42 Å². The number of thiazole rings is 1. The Hall–Kier alpha value is -1.77. The van der Waals surface area contributed by atoms with Crippen LogP contribution in [-0.4, -0.2) is 31.1 Å². The van der Waals surface area contributed by atoms with E-state index in [1.54, 1.807) is 0 Å². The Kier molecular flexibility index (Phi) is 3.52. The van der Waals surface area contributed by atoms with E-state index in [-0.39, 0.29) is 18.9 Å². The molecule has 2 aromatic rings. The fraction of sp³-hybridized carbons (Fsp3) is 0.231. The number of rotatable bonds is 3. The first-order valence-electron chi connectivity index (χ1n) is 6.28. The minimum atomic E-state index is -3.71. The number of hydrogen-bond donors (Lipinski definition) is 1. The average Bonchev–Trinajstić information content (AvgIpc) is 3.05. The van der Waals surface area contributed by atoms with Gasteiger partial charge in [-0.25, -0.2) is 18.5 Å². The van der Waals surface area contributed by atoms with E-state index >= 15 is 0 Å². The van der Waals surface area contributed by atoms with Crippen molar-refractivity contribution >= 4 is 32.4 Å². The Morgan fingerprint density at radius 1 is 1.29 bits per heavy atom. The number of anilines is 1. The highest BCUT2D eigenvalue weighted by Gasteiger charge is 2.38. The van der Waals surface area contributed by atoms with E-state index in [2.05, 4.69) is 4.98 Å². The van der Waals surface area contributed by atoms with Gasteiger partial charge in [0.05, 0.1) is 5.69 Å². The third-order valence-corrected chi connectivity index (χ3v) is 5.46. The molecule has 1 atom stereocenters. The van der Waals surface area contributed by atoms with E-state index in [0.717, 1.165) is 11.3 Å². The van der Waals surface area contributed by atoms with Crippen molar-refractivity contribution in [2.75, 3.05) is 11.4 Å². The van der Waals surface area contributed by atoms with Crippen LogP contribution in [0.25, 0.3) is 11.3 Å². The van der Waals surface area contributed by atoms with E-state index in [9.17, 15) is 13.2 Å². The number of hydrogen-bond acceptors (Lipinski definition) is 5. The van der Waals surface area contributed by atoms with Gasteiger partial charge >= 0.3 is 0 Å². The average molecular weight is 323 g/mol. The van der Waals surface area contributed by atoms with Crippen molar-refractivity contribution in [3.05, 3.63) is 35.7 Å². The number of carbonyl (C=O) groups is 1. The third kappa shape index (κ3) is 2.82. The molecule has 8 heteroatoms. The lowest BCUT2D eigenvalue weighted by Crippen LogP contribution is -2.32. The summed E-state index contributed by atoms with van der Waals surface area (Å²) in [5.74, 6) is -0.261.